The molecule has 0 fully saturated rings. The summed E-state index contributed by atoms with van der Waals surface area (Å²) in [6, 6.07) is 13.2. The van der Waals surface area contributed by atoms with E-state index in [0.717, 1.165) is 6.42 Å². The molecule has 0 aliphatic heterocycles. The van der Waals surface area contributed by atoms with E-state index in [1.165, 1.54) is 5.56 Å². The van der Waals surface area contributed by atoms with Crippen molar-refractivity contribution in [3.63, 3.8) is 0 Å². The van der Waals surface area contributed by atoms with Crippen LogP contribution in [0.25, 0.3) is 0 Å². The number of nitrogens with one attached hydrogen (secondary N) is 2. The number of hydrogen-bond acceptors (Lipinski definition) is 3. The first kappa shape index (κ1) is 16.1. The van der Waals surface area contributed by atoms with Crippen LogP contribution in [-0.4, -0.2) is 29.8 Å². The van der Waals surface area contributed by atoms with Crippen LogP contribution >= 0.6 is 0 Å². The van der Waals surface area contributed by atoms with Crippen LogP contribution in [0.4, 0.5) is 4.79 Å². The normalized spacial score (nSPS) is 13.4. The zero-order valence-corrected chi connectivity index (χ0v) is 12.7. The van der Waals surface area contributed by atoms with E-state index in [-0.39, 0.29) is 12.6 Å². The molecule has 22 heavy (non-hydrogen) atoms. The molecule has 0 spiro atoms. The van der Waals surface area contributed by atoms with Crippen LogP contribution in [0.3, 0.4) is 0 Å². The fourth-order valence-corrected chi connectivity index (χ4v) is 2.15. The van der Waals surface area contributed by atoms with Gasteiger partial charge in [0, 0.05) is 19.5 Å². The molecule has 1 aromatic carbocycles. The van der Waals surface area contributed by atoms with E-state index in [0.29, 0.717) is 18.7 Å². The van der Waals surface area contributed by atoms with Crippen LogP contribution in [0, 0.1) is 0 Å². The summed E-state index contributed by atoms with van der Waals surface area (Å²) in [6.07, 6.45) is 2.69. The summed E-state index contributed by atoms with van der Waals surface area (Å²) in [4.78, 5) is 11.7. The molecule has 2 amide bonds. The molecule has 0 saturated heterocycles. The largest absolute Gasteiger partial charge is 0.469 e. The molecule has 3 N–H and O–H groups in total. The van der Waals surface area contributed by atoms with Gasteiger partial charge < -0.3 is 20.2 Å². The van der Waals surface area contributed by atoms with Crippen LogP contribution in [0.5, 0.6) is 0 Å². The minimum Gasteiger partial charge on any atom is -0.469 e. The van der Waals surface area contributed by atoms with Gasteiger partial charge in [-0.15, -0.1) is 0 Å². The number of carbonyl (C=O) groups excluding carboxylic acids is 1. The summed E-state index contributed by atoms with van der Waals surface area (Å²) in [6.45, 7) is 2.38. The predicted octanol–water partition coefficient (Wildman–Crippen LogP) is 2.11. The maximum atomic E-state index is 11.7. The van der Waals surface area contributed by atoms with Crippen LogP contribution in [0.2, 0.25) is 0 Å². The molecule has 0 radical (unpaired) electrons. The molecule has 118 valence electrons. The quantitative estimate of drug-likeness (QED) is 0.733. The number of benzene rings is 1. The molecule has 5 heteroatoms. The van der Waals surface area contributed by atoms with Crippen LogP contribution in [0.15, 0.2) is 53.1 Å². The molecule has 0 saturated carbocycles. The van der Waals surface area contributed by atoms with E-state index in [4.69, 9.17) is 4.42 Å². The fraction of sp³-hybridized carbons (Fsp3) is 0.353. The van der Waals surface area contributed by atoms with Gasteiger partial charge in [0.05, 0.1) is 11.9 Å². The molecule has 1 atom stereocenters. The smallest absolute Gasteiger partial charge is 0.314 e. The summed E-state index contributed by atoms with van der Waals surface area (Å²) >= 11 is 0. The molecule has 2 aromatic rings. The number of rotatable bonds is 7. The van der Waals surface area contributed by atoms with E-state index < -0.39 is 5.60 Å². The van der Waals surface area contributed by atoms with Gasteiger partial charge in [-0.2, -0.15) is 0 Å². The monoisotopic (exact) mass is 302 g/mol. The minimum absolute atomic E-state index is 0.158. The third-order valence-electron chi connectivity index (χ3n) is 3.31. The fourth-order valence-electron chi connectivity index (χ4n) is 2.15. The highest BCUT2D eigenvalue weighted by atomic mass is 16.3. The first-order valence-corrected chi connectivity index (χ1v) is 7.35. The highest BCUT2D eigenvalue weighted by Gasteiger charge is 2.23. The van der Waals surface area contributed by atoms with Gasteiger partial charge in [-0.25, -0.2) is 4.79 Å². The Morgan fingerprint density at radius 2 is 1.95 bits per heavy atom. The summed E-state index contributed by atoms with van der Waals surface area (Å²) < 4.78 is 5.20. The number of urea groups is 1. The second-order valence-corrected chi connectivity index (χ2v) is 5.60. The van der Waals surface area contributed by atoms with E-state index in [1.807, 2.05) is 30.3 Å². The molecule has 0 bridgehead atoms. The Labute approximate surface area is 130 Å². The third-order valence-corrected chi connectivity index (χ3v) is 3.31. The van der Waals surface area contributed by atoms with Gasteiger partial charge in [0.1, 0.15) is 5.76 Å². The highest BCUT2D eigenvalue weighted by Crippen LogP contribution is 2.12. The SMILES string of the molecule is C[C@](O)(CNC(=O)NCCc1ccccc1)Cc1ccco1. The average molecular weight is 302 g/mol. The lowest BCUT2D eigenvalue weighted by Gasteiger charge is -2.22. The predicted molar refractivity (Wildman–Crippen MR) is 84.6 cm³/mol. The van der Waals surface area contributed by atoms with Crippen molar-refractivity contribution in [2.45, 2.75) is 25.4 Å². The lowest BCUT2D eigenvalue weighted by molar-refractivity contribution is 0.0572. The molecule has 1 aromatic heterocycles. The van der Waals surface area contributed by atoms with E-state index in [1.54, 1.807) is 25.3 Å². The van der Waals surface area contributed by atoms with Crippen LogP contribution < -0.4 is 10.6 Å². The Bertz CT molecular complexity index is 565. The van der Waals surface area contributed by atoms with E-state index in [2.05, 4.69) is 10.6 Å². The Morgan fingerprint density at radius 1 is 1.18 bits per heavy atom. The van der Waals surface area contributed by atoms with Gasteiger partial charge in [0.15, 0.2) is 0 Å². The van der Waals surface area contributed by atoms with Crippen molar-refractivity contribution in [3.8, 4) is 0 Å². The maximum Gasteiger partial charge on any atom is 0.314 e. The second-order valence-electron chi connectivity index (χ2n) is 5.60. The molecule has 2 rings (SSSR count). The van der Waals surface area contributed by atoms with Crippen LogP contribution in [-0.2, 0) is 12.8 Å². The Morgan fingerprint density at radius 3 is 2.64 bits per heavy atom. The van der Waals surface area contributed by atoms with E-state index >= 15 is 0 Å². The molecule has 5 nitrogen and oxygen atoms in total. The van der Waals surface area contributed by atoms with Gasteiger partial charge >= 0.3 is 6.03 Å². The molecule has 0 unspecified atom stereocenters. The van der Waals surface area contributed by atoms with Gasteiger partial charge in [-0.3, -0.25) is 0 Å². The Kier molecular flexibility index (Phi) is 5.61. The summed E-state index contributed by atoms with van der Waals surface area (Å²) in [5.74, 6) is 0.691. The zero-order valence-electron chi connectivity index (χ0n) is 12.7. The number of furan rings is 1. The number of carbonyl (C=O) groups is 1. The minimum atomic E-state index is -1.05. The van der Waals surface area contributed by atoms with Gasteiger partial charge in [0.2, 0.25) is 0 Å². The van der Waals surface area contributed by atoms with Crippen molar-refractivity contribution in [2.75, 3.05) is 13.1 Å². The van der Waals surface area contributed by atoms with E-state index in [9.17, 15) is 9.90 Å². The van der Waals surface area contributed by atoms with Crippen LogP contribution in [0.1, 0.15) is 18.2 Å². The Balaban J connectivity index is 1.66. The van der Waals surface area contributed by atoms with Crippen molar-refractivity contribution in [2.24, 2.45) is 0 Å². The van der Waals surface area contributed by atoms with Gasteiger partial charge in [0.25, 0.3) is 0 Å². The molecular formula is C17H22N2O3. The van der Waals surface area contributed by atoms with Crippen molar-refractivity contribution in [1.29, 1.82) is 0 Å². The third kappa shape index (κ3) is 5.61. The van der Waals surface area contributed by atoms with Gasteiger partial charge in [-0.1, -0.05) is 30.3 Å². The lowest BCUT2D eigenvalue weighted by atomic mass is 10.0. The first-order chi connectivity index (χ1) is 10.6. The van der Waals surface area contributed by atoms with Crippen molar-refractivity contribution in [3.05, 3.63) is 60.1 Å². The van der Waals surface area contributed by atoms with Crippen molar-refractivity contribution in [1.82, 2.24) is 10.6 Å². The lowest BCUT2D eigenvalue weighted by Crippen LogP contribution is -2.46. The topological polar surface area (TPSA) is 74.5 Å². The number of aliphatic hydroxyl groups is 1. The van der Waals surface area contributed by atoms with Crippen molar-refractivity contribution >= 4 is 6.03 Å². The molecule has 1 heterocycles. The van der Waals surface area contributed by atoms with Gasteiger partial charge in [-0.05, 0) is 31.0 Å². The number of hydrogen-bond donors (Lipinski definition) is 3. The summed E-state index contributed by atoms with van der Waals surface area (Å²) in [5, 5.41) is 15.7. The highest BCUT2D eigenvalue weighted by molar-refractivity contribution is 5.73. The molecule has 0 aliphatic carbocycles. The first-order valence-electron chi connectivity index (χ1n) is 7.35. The number of amides is 2. The maximum absolute atomic E-state index is 11.7. The Hall–Kier alpha value is -2.27. The zero-order chi connectivity index (χ0) is 15.8. The van der Waals surface area contributed by atoms with Crippen molar-refractivity contribution < 1.29 is 14.3 Å². The standard InChI is InChI=1S/C17H22N2O3/c1-17(21,12-15-8-5-11-22-15)13-19-16(20)18-10-9-14-6-3-2-4-7-14/h2-8,11,21H,9-10,12-13H2,1H3,(H2,18,19,20)/t17-/m1/s1. The molecular weight excluding hydrogens is 280 g/mol. The molecule has 0 aliphatic rings. The second kappa shape index (κ2) is 7.66. The summed E-state index contributed by atoms with van der Waals surface area (Å²) in [7, 11) is 0. The average Bonchev–Trinajstić information content (AvgIpc) is 2.99. The summed E-state index contributed by atoms with van der Waals surface area (Å²) in [5.41, 5.74) is 0.127.